The van der Waals surface area contributed by atoms with Crippen LogP contribution in [0.25, 0.3) is 0 Å². The first-order valence-corrected chi connectivity index (χ1v) is 5.28. The second kappa shape index (κ2) is 4.35. The molecule has 0 saturated carbocycles. The maximum Gasteiger partial charge on any atom is 0.132 e. The monoisotopic (exact) mass is 211 g/mol. The normalized spacial score (nSPS) is 22.5. The molecule has 4 nitrogen and oxygen atoms in total. The van der Waals surface area contributed by atoms with Crippen molar-refractivity contribution in [2.75, 3.05) is 19.8 Å². The molecule has 0 aliphatic carbocycles. The average molecular weight is 211 g/mol. The van der Waals surface area contributed by atoms with Gasteiger partial charge in [-0.3, -0.25) is 0 Å². The van der Waals surface area contributed by atoms with Gasteiger partial charge >= 0.3 is 0 Å². The van der Waals surface area contributed by atoms with Crippen molar-refractivity contribution in [3.05, 3.63) is 24.2 Å². The van der Waals surface area contributed by atoms with Gasteiger partial charge in [-0.25, -0.2) is 0 Å². The molecule has 0 radical (unpaired) electrons. The molecule has 1 fully saturated rings. The molecule has 1 saturated heterocycles. The second-order valence-electron chi connectivity index (χ2n) is 4.10. The van der Waals surface area contributed by atoms with Crippen LogP contribution >= 0.6 is 0 Å². The van der Waals surface area contributed by atoms with E-state index in [2.05, 4.69) is 0 Å². The third-order valence-corrected chi connectivity index (χ3v) is 3.29. The van der Waals surface area contributed by atoms with Crippen LogP contribution in [-0.2, 0) is 4.74 Å². The predicted molar refractivity (Wildman–Crippen MR) is 55.2 cm³/mol. The summed E-state index contributed by atoms with van der Waals surface area (Å²) in [6.45, 7) is 1.78. The number of nitrogens with two attached hydrogens (primary N) is 1. The van der Waals surface area contributed by atoms with Gasteiger partial charge in [0.1, 0.15) is 11.9 Å². The van der Waals surface area contributed by atoms with E-state index in [-0.39, 0.29) is 5.41 Å². The SMILES string of the molecule is NCC1(C(O)c2ccco2)CCOCC1. The first-order valence-electron chi connectivity index (χ1n) is 5.28. The molecule has 0 spiro atoms. The lowest BCUT2D eigenvalue weighted by Gasteiger charge is -2.39. The summed E-state index contributed by atoms with van der Waals surface area (Å²) in [4.78, 5) is 0. The Balaban J connectivity index is 2.18. The number of hydrogen-bond acceptors (Lipinski definition) is 4. The molecule has 4 heteroatoms. The summed E-state index contributed by atoms with van der Waals surface area (Å²) in [5.41, 5.74) is 5.51. The number of ether oxygens (including phenoxy) is 1. The van der Waals surface area contributed by atoms with Gasteiger partial charge in [-0.05, 0) is 25.0 Å². The highest BCUT2D eigenvalue weighted by atomic mass is 16.5. The lowest BCUT2D eigenvalue weighted by Crippen LogP contribution is -2.41. The Hall–Kier alpha value is -0.840. The summed E-state index contributed by atoms with van der Waals surface area (Å²) in [6, 6.07) is 3.57. The van der Waals surface area contributed by atoms with E-state index in [0.717, 1.165) is 12.8 Å². The molecule has 0 amide bonds. The largest absolute Gasteiger partial charge is 0.467 e. The van der Waals surface area contributed by atoms with Crippen molar-refractivity contribution in [1.29, 1.82) is 0 Å². The number of hydrogen-bond donors (Lipinski definition) is 2. The van der Waals surface area contributed by atoms with E-state index < -0.39 is 6.10 Å². The summed E-state index contributed by atoms with van der Waals surface area (Å²) in [6.07, 6.45) is 2.51. The number of aliphatic hydroxyl groups excluding tert-OH is 1. The van der Waals surface area contributed by atoms with Gasteiger partial charge in [-0.1, -0.05) is 0 Å². The Bertz CT molecular complexity index is 291. The highest BCUT2D eigenvalue weighted by molar-refractivity contribution is 5.07. The van der Waals surface area contributed by atoms with Crippen LogP contribution in [0.5, 0.6) is 0 Å². The molecule has 1 aliphatic heterocycles. The number of rotatable bonds is 3. The quantitative estimate of drug-likeness (QED) is 0.784. The molecular formula is C11H17NO3. The van der Waals surface area contributed by atoms with Crippen molar-refractivity contribution in [3.63, 3.8) is 0 Å². The van der Waals surface area contributed by atoms with Crippen LogP contribution in [0.2, 0.25) is 0 Å². The smallest absolute Gasteiger partial charge is 0.132 e. The van der Waals surface area contributed by atoms with Crippen LogP contribution in [0.1, 0.15) is 24.7 Å². The van der Waals surface area contributed by atoms with Gasteiger partial charge in [0.15, 0.2) is 0 Å². The average Bonchev–Trinajstić information content (AvgIpc) is 2.82. The van der Waals surface area contributed by atoms with E-state index in [9.17, 15) is 5.11 Å². The van der Waals surface area contributed by atoms with Crippen LogP contribution in [0.15, 0.2) is 22.8 Å². The molecule has 1 atom stereocenters. The van der Waals surface area contributed by atoms with Crippen LogP contribution < -0.4 is 5.73 Å². The van der Waals surface area contributed by atoms with E-state index in [1.165, 1.54) is 0 Å². The van der Waals surface area contributed by atoms with Gasteiger partial charge in [0.25, 0.3) is 0 Å². The molecular weight excluding hydrogens is 194 g/mol. The van der Waals surface area contributed by atoms with E-state index in [1.807, 2.05) is 0 Å². The molecule has 0 aromatic carbocycles. The Morgan fingerprint density at radius 3 is 2.73 bits per heavy atom. The van der Waals surface area contributed by atoms with Crippen LogP contribution in [0.3, 0.4) is 0 Å². The lowest BCUT2D eigenvalue weighted by atomic mass is 9.74. The minimum absolute atomic E-state index is 0.282. The summed E-state index contributed by atoms with van der Waals surface area (Å²) in [5.74, 6) is 0.599. The van der Waals surface area contributed by atoms with Gasteiger partial charge in [0.05, 0.1) is 6.26 Å². The molecule has 84 valence electrons. The molecule has 1 aromatic rings. The van der Waals surface area contributed by atoms with Crippen LogP contribution in [0.4, 0.5) is 0 Å². The Kier molecular flexibility index (Phi) is 3.09. The van der Waals surface area contributed by atoms with E-state index in [1.54, 1.807) is 18.4 Å². The topological polar surface area (TPSA) is 68.6 Å². The van der Waals surface area contributed by atoms with Crippen molar-refractivity contribution < 1.29 is 14.3 Å². The van der Waals surface area contributed by atoms with Gasteiger partial charge < -0.3 is 20.0 Å². The highest BCUT2D eigenvalue weighted by Crippen LogP contribution is 2.41. The van der Waals surface area contributed by atoms with Crippen LogP contribution in [0, 0.1) is 5.41 Å². The Morgan fingerprint density at radius 1 is 1.47 bits per heavy atom. The number of furan rings is 1. The number of aliphatic hydroxyl groups is 1. The van der Waals surface area contributed by atoms with Crippen molar-refractivity contribution in [2.24, 2.45) is 11.1 Å². The van der Waals surface area contributed by atoms with E-state index in [4.69, 9.17) is 14.9 Å². The molecule has 15 heavy (non-hydrogen) atoms. The zero-order chi connectivity index (χ0) is 10.7. The first-order chi connectivity index (χ1) is 7.28. The third-order valence-electron chi connectivity index (χ3n) is 3.29. The molecule has 3 N–H and O–H groups in total. The minimum Gasteiger partial charge on any atom is -0.467 e. The van der Waals surface area contributed by atoms with Crippen molar-refractivity contribution in [1.82, 2.24) is 0 Å². The van der Waals surface area contributed by atoms with Gasteiger partial charge in [0, 0.05) is 25.2 Å². The maximum atomic E-state index is 10.3. The predicted octanol–water partition coefficient (Wildman–Crippen LogP) is 1.07. The minimum atomic E-state index is -0.624. The fraction of sp³-hybridized carbons (Fsp3) is 0.636. The summed E-state index contributed by atoms with van der Waals surface area (Å²) in [7, 11) is 0. The molecule has 1 aromatic heterocycles. The van der Waals surface area contributed by atoms with E-state index >= 15 is 0 Å². The van der Waals surface area contributed by atoms with Gasteiger partial charge in [-0.2, -0.15) is 0 Å². The lowest BCUT2D eigenvalue weighted by molar-refractivity contribution is -0.0658. The van der Waals surface area contributed by atoms with Gasteiger partial charge in [-0.15, -0.1) is 0 Å². The van der Waals surface area contributed by atoms with Crippen molar-refractivity contribution in [2.45, 2.75) is 18.9 Å². The zero-order valence-corrected chi connectivity index (χ0v) is 8.69. The molecule has 2 heterocycles. The standard InChI is InChI=1S/C11H17NO3/c12-8-11(3-6-14-7-4-11)10(13)9-2-1-5-15-9/h1-2,5,10,13H,3-4,6-8,12H2. The summed E-state index contributed by atoms with van der Waals surface area (Å²) < 4.78 is 10.5. The maximum absolute atomic E-state index is 10.3. The third kappa shape index (κ3) is 1.93. The molecule has 1 aliphatic rings. The van der Waals surface area contributed by atoms with Crippen molar-refractivity contribution >= 4 is 0 Å². The Labute approximate surface area is 89.0 Å². The molecule has 1 unspecified atom stereocenters. The first kappa shape index (κ1) is 10.7. The molecule has 0 bridgehead atoms. The second-order valence-corrected chi connectivity index (χ2v) is 4.10. The Morgan fingerprint density at radius 2 is 2.20 bits per heavy atom. The fourth-order valence-corrected chi connectivity index (χ4v) is 2.12. The fourth-order valence-electron chi connectivity index (χ4n) is 2.12. The summed E-state index contributed by atoms with van der Waals surface area (Å²) in [5, 5.41) is 10.3. The summed E-state index contributed by atoms with van der Waals surface area (Å²) >= 11 is 0. The zero-order valence-electron chi connectivity index (χ0n) is 8.69. The molecule has 2 rings (SSSR count). The highest BCUT2D eigenvalue weighted by Gasteiger charge is 2.40. The van der Waals surface area contributed by atoms with E-state index in [0.29, 0.717) is 25.5 Å². The van der Waals surface area contributed by atoms with Gasteiger partial charge in [0.2, 0.25) is 0 Å². The van der Waals surface area contributed by atoms with Crippen molar-refractivity contribution in [3.8, 4) is 0 Å². The van der Waals surface area contributed by atoms with Crippen LogP contribution in [-0.4, -0.2) is 24.9 Å².